The van der Waals surface area contributed by atoms with Gasteiger partial charge < -0.3 is 14.8 Å². The lowest BCUT2D eigenvalue weighted by Gasteiger charge is -2.08. The zero-order valence-corrected chi connectivity index (χ0v) is 12.8. The van der Waals surface area contributed by atoms with Crippen LogP contribution in [0.2, 0.25) is 0 Å². The van der Waals surface area contributed by atoms with Gasteiger partial charge in [-0.1, -0.05) is 27.7 Å². The molecule has 3 nitrogen and oxygen atoms in total. The summed E-state index contributed by atoms with van der Waals surface area (Å²) in [5, 5.41) is 3.37. The lowest BCUT2D eigenvalue weighted by atomic mass is 10.1. The molecule has 1 N–H and O–H groups in total. The Balaban J connectivity index is 2.95. The van der Waals surface area contributed by atoms with Crippen LogP contribution in [-0.4, -0.2) is 39.5 Å². The number of ether oxygens (including phenoxy) is 2. The topological polar surface area (TPSA) is 30.5 Å². The van der Waals surface area contributed by atoms with Crippen LogP contribution in [0.5, 0.6) is 0 Å². The maximum Gasteiger partial charge on any atom is 0.0701 e. The minimum atomic E-state index is 0.716. The van der Waals surface area contributed by atoms with Gasteiger partial charge in [0.25, 0.3) is 0 Å². The molecule has 0 amide bonds. The third-order valence-electron chi connectivity index (χ3n) is 2.76. The molecule has 0 aromatic rings. The van der Waals surface area contributed by atoms with Crippen molar-refractivity contribution in [3.05, 3.63) is 0 Å². The van der Waals surface area contributed by atoms with Crippen molar-refractivity contribution >= 4 is 0 Å². The summed E-state index contributed by atoms with van der Waals surface area (Å²) in [6.45, 7) is 14.1. The molecule has 0 bridgehead atoms. The maximum atomic E-state index is 5.50. The second kappa shape index (κ2) is 13.3. The monoisotopic (exact) mass is 259 g/mol. The molecule has 0 aliphatic carbocycles. The van der Waals surface area contributed by atoms with E-state index in [1.54, 1.807) is 0 Å². The van der Waals surface area contributed by atoms with E-state index in [0.29, 0.717) is 6.61 Å². The van der Waals surface area contributed by atoms with E-state index in [-0.39, 0.29) is 0 Å². The summed E-state index contributed by atoms with van der Waals surface area (Å²) in [7, 11) is 0. The highest BCUT2D eigenvalue weighted by Crippen LogP contribution is 2.02. The minimum Gasteiger partial charge on any atom is -0.379 e. The molecule has 0 aliphatic heterocycles. The first-order chi connectivity index (χ1) is 8.63. The quantitative estimate of drug-likeness (QED) is 0.516. The largest absolute Gasteiger partial charge is 0.379 e. The molecule has 0 radical (unpaired) electrons. The third-order valence-corrected chi connectivity index (χ3v) is 2.76. The molecule has 0 rings (SSSR count). The van der Waals surface area contributed by atoms with Crippen LogP contribution in [-0.2, 0) is 9.47 Å². The van der Waals surface area contributed by atoms with Gasteiger partial charge in [-0.3, -0.25) is 0 Å². The second-order valence-electron chi connectivity index (χ2n) is 5.69. The zero-order valence-electron chi connectivity index (χ0n) is 12.8. The SMILES string of the molecule is CC(C)CCCOCCOCCNCCC(C)C. The van der Waals surface area contributed by atoms with Gasteiger partial charge in [0.05, 0.1) is 19.8 Å². The van der Waals surface area contributed by atoms with Crippen LogP contribution in [0.1, 0.15) is 47.0 Å². The predicted octanol–water partition coefficient (Wildman–Crippen LogP) is 3.09. The molecular formula is C15H33NO2. The van der Waals surface area contributed by atoms with Crippen LogP contribution in [0.4, 0.5) is 0 Å². The molecule has 0 aliphatic rings. The Kier molecular flexibility index (Phi) is 13.2. The van der Waals surface area contributed by atoms with E-state index >= 15 is 0 Å². The fourth-order valence-electron chi connectivity index (χ4n) is 1.58. The number of hydrogen-bond donors (Lipinski definition) is 1. The van der Waals surface area contributed by atoms with Crippen molar-refractivity contribution in [1.29, 1.82) is 0 Å². The summed E-state index contributed by atoms with van der Waals surface area (Å²) in [6.07, 6.45) is 3.65. The number of nitrogens with one attached hydrogen (secondary N) is 1. The van der Waals surface area contributed by atoms with Crippen molar-refractivity contribution in [3.8, 4) is 0 Å². The Hall–Kier alpha value is -0.120. The predicted molar refractivity (Wildman–Crippen MR) is 78.0 cm³/mol. The van der Waals surface area contributed by atoms with Gasteiger partial charge in [-0.05, 0) is 37.6 Å². The highest BCUT2D eigenvalue weighted by atomic mass is 16.5. The van der Waals surface area contributed by atoms with Crippen LogP contribution in [0.15, 0.2) is 0 Å². The van der Waals surface area contributed by atoms with Crippen LogP contribution >= 0.6 is 0 Å². The number of rotatable bonds is 13. The first-order valence-electron chi connectivity index (χ1n) is 7.49. The van der Waals surface area contributed by atoms with Gasteiger partial charge in [-0.25, -0.2) is 0 Å². The summed E-state index contributed by atoms with van der Waals surface area (Å²) < 4.78 is 11.0. The first kappa shape index (κ1) is 17.9. The van der Waals surface area contributed by atoms with Crippen molar-refractivity contribution in [2.45, 2.75) is 47.0 Å². The summed E-state index contributed by atoms with van der Waals surface area (Å²) in [5.74, 6) is 1.56. The lowest BCUT2D eigenvalue weighted by Crippen LogP contribution is -2.22. The van der Waals surface area contributed by atoms with E-state index in [4.69, 9.17) is 9.47 Å². The second-order valence-corrected chi connectivity index (χ2v) is 5.69. The molecule has 0 heterocycles. The standard InChI is InChI=1S/C15H33NO2/c1-14(2)6-5-10-17-12-13-18-11-9-16-8-7-15(3)4/h14-16H,5-13H2,1-4H3. The van der Waals surface area contributed by atoms with Gasteiger partial charge in [0.15, 0.2) is 0 Å². The molecule has 0 saturated carbocycles. The van der Waals surface area contributed by atoms with E-state index in [9.17, 15) is 0 Å². The van der Waals surface area contributed by atoms with Crippen molar-refractivity contribution < 1.29 is 9.47 Å². The van der Waals surface area contributed by atoms with Crippen LogP contribution in [0.25, 0.3) is 0 Å². The summed E-state index contributed by atoms with van der Waals surface area (Å²) in [6, 6.07) is 0. The zero-order chi connectivity index (χ0) is 13.6. The Labute approximate surface area is 114 Å². The normalized spacial score (nSPS) is 11.7. The summed E-state index contributed by atoms with van der Waals surface area (Å²) in [4.78, 5) is 0. The third kappa shape index (κ3) is 15.9. The Morgan fingerprint density at radius 2 is 1.33 bits per heavy atom. The molecule has 18 heavy (non-hydrogen) atoms. The molecule has 0 aromatic carbocycles. The van der Waals surface area contributed by atoms with E-state index < -0.39 is 0 Å². The van der Waals surface area contributed by atoms with E-state index in [0.717, 1.165) is 51.2 Å². The minimum absolute atomic E-state index is 0.716. The Morgan fingerprint density at radius 1 is 0.722 bits per heavy atom. The molecule has 0 unspecified atom stereocenters. The van der Waals surface area contributed by atoms with Gasteiger partial charge in [0.2, 0.25) is 0 Å². The molecule has 110 valence electrons. The van der Waals surface area contributed by atoms with Gasteiger partial charge >= 0.3 is 0 Å². The Morgan fingerprint density at radius 3 is 1.94 bits per heavy atom. The van der Waals surface area contributed by atoms with Crippen LogP contribution in [0, 0.1) is 11.8 Å². The van der Waals surface area contributed by atoms with E-state index in [2.05, 4.69) is 33.0 Å². The van der Waals surface area contributed by atoms with Gasteiger partial charge in [0.1, 0.15) is 0 Å². The average Bonchev–Trinajstić information content (AvgIpc) is 2.29. The lowest BCUT2D eigenvalue weighted by molar-refractivity contribution is 0.0467. The highest BCUT2D eigenvalue weighted by Gasteiger charge is 1.95. The fraction of sp³-hybridized carbons (Fsp3) is 1.00. The highest BCUT2D eigenvalue weighted by molar-refractivity contribution is 4.50. The maximum absolute atomic E-state index is 5.50. The molecular weight excluding hydrogens is 226 g/mol. The van der Waals surface area contributed by atoms with Gasteiger partial charge in [-0.2, -0.15) is 0 Å². The van der Waals surface area contributed by atoms with Gasteiger partial charge in [0, 0.05) is 13.2 Å². The van der Waals surface area contributed by atoms with E-state index in [1.807, 2.05) is 0 Å². The van der Waals surface area contributed by atoms with Crippen molar-refractivity contribution in [1.82, 2.24) is 5.32 Å². The fourth-order valence-corrected chi connectivity index (χ4v) is 1.58. The summed E-state index contributed by atoms with van der Waals surface area (Å²) in [5.41, 5.74) is 0. The smallest absolute Gasteiger partial charge is 0.0701 e. The summed E-state index contributed by atoms with van der Waals surface area (Å²) >= 11 is 0. The molecule has 0 saturated heterocycles. The van der Waals surface area contributed by atoms with Crippen LogP contribution in [0.3, 0.4) is 0 Å². The molecule has 0 atom stereocenters. The molecule has 0 fully saturated rings. The van der Waals surface area contributed by atoms with Crippen LogP contribution < -0.4 is 5.32 Å². The number of hydrogen-bond acceptors (Lipinski definition) is 3. The molecule has 3 heteroatoms. The average molecular weight is 259 g/mol. The van der Waals surface area contributed by atoms with E-state index in [1.165, 1.54) is 12.8 Å². The van der Waals surface area contributed by atoms with Crippen molar-refractivity contribution in [2.75, 3.05) is 39.5 Å². The van der Waals surface area contributed by atoms with Crippen molar-refractivity contribution in [2.24, 2.45) is 11.8 Å². The Bertz CT molecular complexity index is 143. The molecule has 0 aromatic heterocycles. The molecule has 0 spiro atoms. The first-order valence-corrected chi connectivity index (χ1v) is 7.49. The van der Waals surface area contributed by atoms with Gasteiger partial charge in [-0.15, -0.1) is 0 Å². The van der Waals surface area contributed by atoms with Crippen molar-refractivity contribution in [3.63, 3.8) is 0 Å².